The quantitative estimate of drug-likeness (QED) is 0.847. The minimum atomic E-state index is -0.995. The fraction of sp³-hybridized carbons (Fsp3) is 0.263. The van der Waals surface area contributed by atoms with Crippen LogP contribution in [-0.2, 0) is 9.59 Å². The van der Waals surface area contributed by atoms with E-state index in [1.54, 1.807) is 11.8 Å². The van der Waals surface area contributed by atoms with Crippen LogP contribution in [0.2, 0.25) is 0 Å². The Hall–Kier alpha value is -2.27. The van der Waals surface area contributed by atoms with Crippen molar-refractivity contribution in [2.45, 2.75) is 18.9 Å². The number of hydrogen-bond donors (Lipinski definition) is 2. The van der Waals surface area contributed by atoms with Crippen molar-refractivity contribution in [2.75, 3.05) is 11.5 Å². The molecule has 0 spiro atoms. The van der Waals surface area contributed by atoms with Gasteiger partial charge >= 0.3 is 5.97 Å². The Morgan fingerprint density at radius 1 is 1.08 bits per heavy atom. The molecule has 0 fully saturated rings. The number of nitrogens with one attached hydrogen (secondary N) is 1. The summed E-state index contributed by atoms with van der Waals surface area (Å²) in [5.41, 5.74) is 5.10. The van der Waals surface area contributed by atoms with Crippen molar-refractivity contribution in [1.82, 2.24) is 5.32 Å². The summed E-state index contributed by atoms with van der Waals surface area (Å²) in [6, 6.07) is 15.9. The van der Waals surface area contributed by atoms with Crippen LogP contribution in [0.1, 0.15) is 24.0 Å². The van der Waals surface area contributed by atoms with Gasteiger partial charge in [-0.05, 0) is 22.3 Å². The van der Waals surface area contributed by atoms with Crippen LogP contribution in [0, 0.1) is 0 Å². The molecule has 0 saturated heterocycles. The Morgan fingerprint density at radius 2 is 1.62 bits per heavy atom. The summed E-state index contributed by atoms with van der Waals surface area (Å²) in [7, 11) is 0. The molecule has 5 heteroatoms. The third-order valence-corrected chi connectivity index (χ3v) is 5.35. The third-order valence-electron chi connectivity index (χ3n) is 4.21. The number of fused-ring (bicyclic) bond motifs is 3. The number of carboxylic acids is 1. The van der Waals surface area contributed by atoms with Crippen molar-refractivity contribution in [2.24, 2.45) is 0 Å². The van der Waals surface area contributed by atoms with Crippen molar-refractivity contribution < 1.29 is 14.7 Å². The maximum atomic E-state index is 11.2. The van der Waals surface area contributed by atoms with E-state index in [9.17, 15) is 14.7 Å². The highest BCUT2D eigenvalue weighted by atomic mass is 32.2. The minimum absolute atomic E-state index is 0.258. The zero-order valence-electron chi connectivity index (χ0n) is 13.4. The van der Waals surface area contributed by atoms with E-state index in [1.165, 1.54) is 29.2 Å². The average molecular weight is 341 g/mol. The number of aliphatic carboxylic acids is 1. The lowest BCUT2D eigenvalue weighted by atomic mass is 9.99. The van der Waals surface area contributed by atoms with Gasteiger partial charge in [0.1, 0.15) is 6.04 Å². The Morgan fingerprint density at radius 3 is 2.12 bits per heavy atom. The molecule has 0 bridgehead atoms. The molecule has 0 radical (unpaired) electrons. The SMILES string of the molecule is CC(=O)N[C@@H](CSCC1c2ccccc2-c2ccccc21)C(=O)O. The molecule has 2 aromatic carbocycles. The number of benzene rings is 2. The van der Waals surface area contributed by atoms with E-state index in [2.05, 4.69) is 29.6 Å². The van der Waals surface area contributed by atoms with E-state index < -0.39 is 12.0 Å². The van der Waals surface area contributed by atoms with Gasteiger partial charge in [0.2, 0.25) is 5.91 Å². The first kappa shape index (κ1) is 16.6. The van der Waals surface area contributed by atoms with E-state index in [1.807, 2.05) is 24.3 Å². The summed E-state index contributed by atoms with van der Waals surface area (Å²) in [5.74, 6) is 0.0892. The molecule has 2 N–H and O–H groups in total. The largest absolute Gasteiger partial charge is 0.480 e. The summed E-state index contributed by atoms with van der Waals surface area (Å²) >= 11 is 1.56. The predicted octanol–water partition coefficient (Wildman–Crippen LogP) is 3.12. The molecule has 124 valence electrons. The van der Waals surface area contributed by atoms with Crippen molar-refractivity contribution in [3.8, 4) is 11.1 Å². The number of thioether (sulfide) groups is 1. The topological polar surface area (TPSA) is 66.4 Å². The van der Waals surface area contributed by atoms with Crippen LogP contribution < -0.4 is 5.32 Å². The van der Waals surface area contributed by atoms with E-state index in [-0.39, 0.29) is 11.8 Å². The molecule has 2 aromatic rings. The number of amides is 1. The van der Waals surface area contributed by atoms with Crippen LogP contribution in [0.3, 0.4) is 0 Å². The van der Waals surface area contributed by atoms with Gasteiger partial charge in [-0.25, -0.2) is 4.79 Å². The summed E-state index contributed by atoms with van der Waals surface area (Å²) in [5, 5.41) is 11.7. The van der Waals surface area contributed by atoms with Crippen LogP contribution in [0.4, 0.5) is 0 Å². The first-order valence-corrected chi connectivity index (χ1v) is 8.99. The highest BCUT2D eigenvalue weighted by Gasteiger charge is 2.28. The fourth-order valence-corrected chi connectivity index (χ4v) is 4.36. The van der Waals surface area contributed by atoms with E-state index in [0.29, 0.717) is 5.75 Å². The van der Waals surface area contributed by atoms with Gasteiger partial charge in [-0.3, -0.25) is 4.79 Å². The van der Waals surface area contributed by atoms with Crippen LogP contribution in [0.25, 0.3) is 11.1 Å². The van der Waals surface area contributed by atoms with Gasteiger partial charge in [0.25, 0.3) is 0 Å². The van der Waals surface area contributed by atoms with Crippen molar-refractivity contribution in [3.05, 3.63) is 59.7 Å². The molecule has 0 saturated carbocycles. The fourth-order valence-electron chi connectivity index (χ4n) is 3.16. The third kappa shape index (κ3) is 3.31. The van der Waals surface area contributed by atoms with Gasteiger partial charge in [0.15, 0.2) is 0 Å². The van der Waals surface area contributed by atoms with Gasteiger partial charge in [-0.15, -0.1) is 0 Å². The zero-order chi connectivity index (χ0) is 17.1. The molecule has 4 nitrogen and oxygen atoms in total. The van der Waals surface area contributed by atoms with Crippen LogP contribution in [0.15, 0.2) is 48.5 Å². The van der Waals surface area contributed by atoms with Gasteiger partial charge in [0, 0.05) is 24.3 Å². The zero-order valence-corrected chi connectivity index (χ0v) is 14.2. The Kier molecular flexibility index (Phi) is 4.90. The number of rotatable bonds is 6. The Balaban J connectivity index is 1.74. The molecule has 1 aliphatic carbocycles. The summed E-state index contributed by atoms with van der Waals surface area (Å²) in [6.45, 7) is 1.34. The molecule has 1 aliphatic rings. The van der Waals surface area contributed by atoms with Crippen molar-refractivity contribution >= 4 is 23.6 Å². The lowest BCUT2D eigenvalue weighted by Crippen LogP contribution is -2.41. The molecule has 0 unspecified atom stereocenters. The first-order chi connectivity index (χ1) is 11.6. The van der Waals surface area contributed by atoms with E-state index in [0.717, 1.165) is 5.75 Å². The van der Waals surface area contributed by atoms with Gasteiger partial charge < -0.3 is 10.4 Å². The van der Waals surface area contributed by atoms with Crippen molar-refractivity contribution in [1.29, 1.82) is 0 Å². The normalized spacial score (nSPS) is 13.9. The van der Waals surface area contributed by atoms with Crippen LogP contribution in [-0.4, -0.2) is 34.5 Å². The Labute approximate surface area is 145 Å². The lowest BCUT2D eigenvalue weighted by molar-refractivity contribution is -0.140. The molecule has 0 heterocycles. The number of hydrogen-bond acceptors (Lipinski definition) is 3. The molecular weight excluding hydrogens is 322 g/mol. The highest BCUT2D eigenvalue weighted by molar-refractivity contribution is 7.99. The number of carboxylic acid groups (broad SMARTS) is 1. The van der Waals surface area contributed by atoms with Crippen LogP contribution in [0.5, 0.6) is 0 Å². The second-order valence-electron chi connectivity index (χ2n) is 5.86. The smallest absolute Gasteiger partial charge is 0.327 e. The lowest BCUT2D eigenvalue weighted by Gasteiger charge is -2.16. The van der Waals surface area contributed by atoms with E-state index in [4.69, 9.17) is 0 Å². The second kappa shape index (κ2) is 7.09. The molecule has 0 aromatic heterocycles. The number of carbonyl (C=O) groups excluding carboxylic acids is 1. The van der Waals surface area contributed by atoms with Gasteiger partial charge in [0.05, 0.1) is 0 Å². The molecule has 0 aliphatic heterocycles. The predicted molar refractivity (Wildman–Crippen MR) is 96.3 cm³/mol. The monoisotopic (exact) mass is 341 g/mol. The second-order valence-corrected chi connectivity index (χ2v) is 6.93. The standard InChI is InChI=1S/C19H19NO3S/c1-12(21)20-18(19(22)23)11-24-10-17-15-8-4-2-6-13(15)14-7-3-5-9-16(14)17/h2-9,17-18H,10-11H2,1H3,(H,20,21)(H,22,23)/t18-/m0/s1. The molecule has 3 rings (SSSR count). The molecule has 1 amide bonds. The highest BCUT2D eigenvalue weighted by Crippen LogP contribution is 2.45. The summed E-state index contributed by atoms with van der Waals surface area (Å²) in [4.78, 5) is 22.4. The molecular formula is C19H19NO3S. The molecule has 24 heavy (non-hydrogen) atoms. The maximum Gasteiger partial charge on any atom is 0.327 e. The maximum absolute atomic E-state index is 11.2. The van der Waals surface area contributed by atoms with Gasteiger partial charge in [-0.1, -0.05) is 48.5 Å². The van der Waals surface area contributed by atoms with E-state index >= 15 is 0 Å². The minimum Gasteiger partial charge on any atom is -0.480 e. The summed E-state index contributed by atoms with van der Waals surface area (Å²) < 4.78 is 0. The Bertz CT molecular complexity index is 729. The van der Waals surface area contributed by atoms with Crippen LogP contribution >= 0.6 is 11.8 Å². The number of carbonyl (C=O) groups is 2. The van der Waals surface area contributed by atoms with Crippen molar-refractivity contribution in [3.63, 3.8) is 0 Å². The first-order valence-electron chi connectivity index (χ1n) is 7.84. The average Bonchev–Trinajstić information content (AvgIpc) is 2.88. The summed E-state index contributed by atoms with van der Waals surface area (Å²) in [6.07, 6.45) is 0. The molecule has 1 atom stereocenters. The van der Waals surface area contributed by atoms with Gasteiger partial charge in [-0.2, -0.15) is 11.8 Å².